The Bertz CT molecular complexity index is 586. The molecule has 0 saturated heterocycles. The predicted molar refractivity (Wildman–Crippen MR) is 118 cm³/mol. The standard InChI is InChI=1S/C20H33O3PS2/c1-16(2)22-24(25,23-17(3)4)26-15-18(5)20(13-14-21)12-11-19-9-7-6-8-10-19/h6-10,16-17,21H,11-15H2,1-5H3/b20-18-. The molecule has 0 aliphatic heterocycles. The van der Waals surface area contributed by atoms with Crippen LogP contribution in [0.2, 0.25) is 0 Å². The fourth-order valence-electron chi connectivity index (χ4n) is 2.51. The van der Waals surface area contributed by atoms with Crippen molar-refractivity contribution in [1.82, 2.24) is 0 Å². The number of aryl methyl sites for hydroxylation is 1. The molecule has 0 heterocycles. The highest BCUT2D eigenvalue weighted by molar-refractivity contribution is 8.68. The SMILES string of the molecule is C/C(CSP(=S)(OC(C)C)OC(C)C)=C(/CCO)CCc1ccccc1. The summed E-state index contributed by atoms with van der Waals surface area (Å²) in [7, 11) is 0. The zero-order chi connectivity index (χ0) is 19.6. The summed E-state index contributed by atoms with van der Waals surface area (Å²) in [5.74, 6) is 0.779. The summed E-state index contributed by atoms with van der Waals surface area (Å²) < 4.78 is 11.9. The summed E-state index contributed by atoms with van der Waals surface area (Å²) in [4.78, 5) is 0. The zero-order valence-corrected chi connectivity index (χ0v) is 19.1. The van der Waals surface area contributed by atoms with Crippen molar-refractivity contribution in [3.63, 3.8) is 0 Å². The van der Waals surface area contributed by atoms with Crippen LogP contribution in [0.5, 0.6) is 0 Å². The van der Waals surface area contributed by atoms with Crippen LogP contribution in [0.4, 0.5) is 0 Å². The van der Waals surface area contributed by atoms with E-state index < -0.39 is 5.69 Å². The van der Waals surface area contributed by atoms with E-state index in [1.807, 2.05) is 33.8 Å². The van der Waals surface area contributed by atoms with Gasteiger partial charge in [0, 0.05) is 12.4 Å². The van der Waals surface area contributed by atoms with Gasteiger partial charge in [-0.2, -0.15) is 0 Å². The quantitative estimate of drug-likeness (QED) is 0.328. The molecule has 0 atom stereocenters. The topological polar surface area (TPSA) is 38.7 Å². The average molecular weight is 417 g/mol. The molecule has 6 heteroatoms. The van der Waals surface area contributed by atoms with E-state index in [1.165, 1.54) is 16.7 Å². The fourth-order valence-corrected chi connectivity index (χ4v) is 8.23. The molecule has 0 aliphatic carbocycles. The van der Waals surface area contributed by atoms with Crippen LogP contribution in [0.3, 0.4) is 0 Å². The molecule has 0 aliphatic rings. The van der Waals surface area contributed by atoms with Crippen molar-refractivity contribution in [1.29, 1.82) is 0 Å². The highest BCUT2D eigenvalue weighted by Gasteiger charge is 2.23. The second-order valence-electron chi connectivity index (χ2n) is 6.87. The van der Waals surface area contributed by atoms with Gasteiger partial charge in [0.05, 0.1) is 12.2 Å². The number of aliphatic hydroxyl groups is 1. The van der Waals surface area contributed by atoms with Gasteiger partial charge in [0.1, 0.15) is 0 Å². The normalized spacial score (nSPS) is 13.4. The van der Waals surface area contributed by atoms with Crippen molar-refractivity contribution >= 4 is 28.9 Å². The first kappa shape index (κ1) is 23.9. The van der Waals surface area contributed by atoms with Gasteiger partial charge in [0.15, 0.2) is 0 Å². The van der Waals surface area contributed by atoms with E-state index in [-0.39, 0.29) is 18.8 Å². The van der Waals surface area contributed by atoms with Crippen LogP contribution in [-0.4, -0.2) is 29.7 Å². The molecule has 0 aromatic heterocycles. The van der Waals surface area contributed by atoms with Crippen LogP contribution in [0.25, 0.3) is 0 Å². The van der Waals surface area contributed by atoms with Crippen molar-refractivity contribution in [3.8, 4) is 0 Å². The lowest BCUT2D eigenvalue weighted by atomic mass is 9.99. The zero-order valence-electron chi connectivity index (χ0n) is 16.6. The van der Waals surface area contributed by atoms with Crippen molar-refractivity contribution < 1.29 is 14.2 Å². The first-order chi connectivity index (χ1) is 12.3. The molecule has 1 aromatic rings. The molecule has 0 bridgehead atoms. The Morgan fingerprint density at radius 3 is 2.15 bits per heavy atom. The Hall–Kier alpha value is -0.160. The molecule has 0 unspecified atom stereocenters. The van der Waals surface area contributed by atoms with Gasteiger partial charge in [-0.1, -0.05) is 52.9 Å². The maximum atomic E-state index is 9.44. The second kappa shape index (κ2) is 12.3. The third-order valence-electron chi connectivity index (χ3n) is 3.69. The van der Waals surface area contributed by atoms with Crippen molar-refractivity contribution in [2.75, 3.05) is 12.4 Å². The third-order valence-corrected chi connectivity index (χ3v) is 9.25. The molecule has 1 N–H and O–H groups in total. The summed E-state index contributed by atoms with van der Waals surface area (Å²) in [6, 6.07) is 10.5. The van der Waals surface area contributed by atoms with Gasteiger partial charge in [-0.3, -0.25) is 0 Å². The van der Waals surface area contributed by atoms with Gasteiger partial charge in [-0.15, -0.1) is 0 Å². The number of benzene rings is 1. The molecule has 0 amide bonds. The van der Waals surface area contributed by atoms with Crippen LogP contribution in [0.1, 0.15) is 53.0 Å². The van der Waals surface area contributed by atoms with Crippen molar-refractivity contribution in [3.05, 3.63) is 47.0 Å². The molecule has 26 heavy (non-hydrogen) atoms. The lowest BCUT2D eigenvalue weighted by molar-refractivity contribution is 0.186. The Labute approximate surface area is 168 Å². The summed E-state index contributed by atoms with van der Waals surface area (Å²) in [5.41, 5.74) is 1.53. The molecule has 0 fully saturated rings. The predicted octanol–water partition coefficient (Wildman–Crippen LogP) is 6.13. The minimum Gasteiger partial charge on any atom is -0.396 e. The molecule has 0 saturated carbocycles. The fraction of sp³-hybridized carbons (Fsp3) is 0.600. The van der Waals surface area contributed by atoms with Crippen LogP contribution in [0, 0.1) is 0 Å². The Morgan fingerprint density at radius 2 is 1.65 bits per heavy atom. The number of hydrogen-bond acceptors (Lipinski definition) is 5. The lowest BCUT2D eigenvalue weighted by Crippen LogP contribution is -2.06. The number of hydrogen-bond donors (Lipinski definition) is 1. The maximum Gasteiger partial charge on any atom is 0.248 e. The van der Waals surface area contributed by atoms with Gasteiger partial charge in [0.2, 0.25) is 5.69 Å². The Kier molecular flexibility index (Phi) is 11.3. The third kappa shape index (κ3) is 9.68. The van der Waals surface area contributed by atoms with Gasteiger partial charge >= 0.3 is 0 Å². The van der Waals surface area contributed by atoms with E-state index in [2.05, 4.69) is 31.2 Å². The van der Waals surface area contributed by atoms with Crippen LogP contribution in [0.15, 0.2) is 41.5 Å². The highest BCUT2D eigenvalue weighted by atomic mass is 32.9. The molecule has 1 aromatic carbocycles. The lowest BCUT2D eigenvalue weighted by Gasteiger charge is -2.26. The van der Waals surface area contributed by atoms with E-state index in [0.29, 0.717) is 6.42 Å². The summed E-state index contributed by atoms with van der Waals surface area (Å²) in [6.07, 6.45) is 2.74. The minimum absolute atomic E-state index is 0.0476. The molecular formula is C20H33O3PS2. The van der Waals surface area contributed by atoms with Crippen molar-refractivity contribution in [2.24, 2.45) is 0 Å². The Balaban J connectivity index is 2.77. The molecular weight excluding hydrogens is 383 g/mol. The minimum atomic E-state index is -2.37. The smallest absolute Gasteiger partial charge is 0.248 e. The van der Waals surface area contributed by atoms with Gasteiger partial charge in [-0.25, -0.2) is 0 Å². The summed E-state index contributed by atoms with van der Waals surface area (Å²) in [5, 5.41) is 9.44. The molecule has 0 spiro atoms. The van der Waals surface area contributed by atoms with E-state index in [4.69, 9.17) is 20.9 Å². The molecule has 0 radical (unpaired) electrons. The molecule has 1 rings (SSSR count). The summed E-state index contributed by atoms with van der Waals surface area (Å²) in [6.45, 7) is 10.3. The average Bonchev–Trinajstić information content (AvgIpc) is 2.56. The first-order valence-electron chi connectivity index (χ1n) is 9.19. The van der Waals surface area contributed by atoms with E-state index in [1.54, 1.807) is 11.4 Å². The van der Waals surface area contributed by atoms with Crippen LogP contribution in [-0.2, 0) is 27.3 Å². The van der Waals surface area contributed by atoms with Crippen molar-refractivity contribution in [2.45, 2.75) is 66.1 Å². The van der Waals surface area contributed by atoms with Gasteiger partial charge in [0.25, 0.3) is 0 Å². The van der Waals surface area contributed by atoms with E-state index in [0.717, 1.165) is 18.6 Å². The number of aliphatic hydroxyl groups excluding tert-OH is 1. The monoisotopic (exact) mass is 416 g/mol. The van der Waals surface area contributed by atoms with Crippen LogP contribution < -0.4 is 0 Å². The number of rotatable bonds is 12. The van der Waals surface area contributed by atoms with Gasteiger partial charge < -0.3 is 14.2 Å². The van der Waals surface area contributed by atoms with E-state index in [9.17, 15) is 5.11 Å². The maximum absolute atomic E-state index is 9.44. The van der Waals surface area contributed by atoms with E-state index >= 15 is 0 Å². The molecule has 3 nitrogen and oxygen atoms in total. The second-order valence-corrected chi connectivity index (χ2v) is 13.1. The Morgan fingerprint density at radius 1 is 1.08 bits per heavy atom. The largest absolute Gasteiger partial charge is 0.396 e. The highest BCUT2D eigenvalue weighted by Crippen LogP contribution is 2.63. The molecule has 148 valence electrons. The summed E-state index contributed by atoms with van der Waals surface area (Å²) >= 11 is 7.33. The van der Waals surface area contributed by atoms with Gasteiger partial charge in [-0.05, 0) is 71.3 Å². The van der Waals surface area contributed by atoms with Crippen LogP contribution >= 0.6 is 17.1 Å². The first-order valence-corrected chi connectivity index (χ1v) is 13.4.